The Morgan fingerprint density at radius 2 is 2.25 bits per heavy atom. The van der Waals surface area contributed by atoms with Crippen LogP contribution < -0.4 is 0 Å². The first-order valence-electron chi connectivity index (χ1n) is 7.52. The molecular formula is C14H18N4O5S. The molecule has 0 radical (unpaired) electrons. The van der Waals surface area contributed by atoms with Crippen LogP contribution in [-0.4, -0.2) is 65.1 Å². The molecule has 1 aromatic heterocycles. The third-order valence-electron chi connectivity index (χ3n) is 4.09. The summed E-state index contributed by atoms with van der Waals surface area (Å²) in [6.45, 7) is 1.18. The number of hydrogen-bond donors (Lipinski definition) is 1. The van der Waals surface area contributed by atoms with Gasteiger partial charge in [0.25, 0.3) is 0 Å². The van der Waals surface area contributed by atoms with Crippen LogP contribution in [0.4, 0.5) is 0 Å². The van der Waals surface area contributed by atoms with E-state index in [1.165, 1.54) is 12.1 Å². The van der Waals surface area contributed by atoms with E-state index in [2.05, 4.69) is 10.3 Å². The summed E-state index contributed by atoms with van der Waals surface area (Å²) in [6, 6.07) is 3.51. The average Bonchev–Trinajstić information content (AvgIpc) is 3.19. The molecule has 130 valence electrons. The van der Waals surface area contributed by atoms with Gasteiger partial charge in [-0.25, -0.2) is 13.1 Å². The summed E-state index contributed by atoms with van der Waals surface area (Å²) in [5.74, 6) is -1.12. The van der Waals surface area contributed by atoms with Gasteiger partial charge in [0.05, 0.1) is 23.6 Å². The largest absolute Gasteiger partial charge is 0.480 e. The van der Waals surface area contributed by atoms with E-state index < -0.39 is 22.0 Å². The summed E-state index contributed by atoms with van der Waals surface area (Å²) in [6.07, 6.45) is 0.857. The standard InChI is InChI=1S/C14H18N4O5S/c1-23-8-7-17-12-5-4-10(9-11(12)15-16-17)24(21,22)18-6-2-3-13(18)14(19)20/h4-5,9,13H,2-3,6-8H2,1H3,(H,19,20)/t13-/m0/s1. The molecule has 0 aliphatic carbocycles. The van der Waals surface area contributed by atoms with E-state index in [1.54, 1.807) is 17.9 Å². The molecule has 10 heteroatoms. The Morgan fingerprint density at radius 1 is 1.46 bits per heavy atom. The van der Waals surface area contributed by atoms with E-state index in [-0.39, 0.29) is 11.4 Å². The molecule has 0 unspecified atom stereocenters. The van der Waals surface area contributed by atoms with Crippen molar-refractivity contribution in [3.05, 3.63) is 18.2 Å². The molecule has 1 saturated heterocycles. The predicted molar refractivity (Wildman–Crippen MR) is 84.0 cm³/mol. The highest BCUT2D eigenvalue weighted by atomic mass is 32.2. The van der Waals surface area contributed by atoms with Gasteiger partial charge in [-0.15, -0.1) is 5.10 Å². The second-order valence-electron chi connectivity index (χ2n) is 5.57. The van der Waals surface area contributed by atoms with Gasteiger partial charge in [0.1, 0.15) is 11.6 Å². The van der Waals surface area contributed by atoms with E-state index in [0.717, 1.165) is 4.31 Å². The van der Waals surface area contributed by atoms with Crippen molar-refractivity contribution in [2.75, 3.05) is 20.3 Å². The molecule has 1 aliphatic heterocycles. The number of benzene rings is 1. The van der Waals surface area contributed by atoms with Crippen molar-refractivity contribution in [1.82, 2.24) is 19.3 Å². The van der Waals surface area contributed by atoms with Crippen LogP contribution in [-0.2, 0) is 26.1 Å². The fourth-order valence-electron chi connectivity index (χ4n) is 2.87. The molecule has 0 saturated carbocycles. The summed E-state index contributed by atoms with van der Waals surface area (Å²) in [7, 11) is -2.30. The maximum atomic E-state index is 12.8. The van der Waals surface area contributed by atoms with E-state index in [0.29, 0.717) is 37.0 Å². The van der Waals surface area contributed by atoms with Crippen molar-refractivity contribution >= 4 is 27.0 Å². The lowest BCUT2D eigenvalue weighted by molar-refractivity contribution is -0.140. The molecule has 1 atom stereocenters. The Balaban J connectivity index is 1.95. The fraction of sp³-hybridized carbons (Fsp3) is 0.500. The zero-order valence-corrected chi connectivity index (χ0v) is 13.9. The maximum absolute atomic E-state index is 12.8. The van der Waals surface area contributed by atoms with Gasteiger partial charge in [0.2, 0.25) is 10.0 Å². The first-order valence-corrected chi connectivity index (χ1v) is 8.96. The molecular weight excluding hydrogens is 336 g/mol. The molecule has 9 nitrogen and oxygen atoms in total. The van der Waals surface area contributed by atoms with Crippen molar-refractivity contribution in [1.29, 1.82) is 0 Å². The predicted octanol–water partition coefficient (Wildman–Crippen LogP) is 0.315. The lowest BCUT2D eigenvalue weighted by Gasteiger charge is -2.20. The second-order valence-corrected chi connectivity index (χ2v) is 7.46. The monoisotopic (exact) mass is 354 g/mol. The van der Waals surface area contributed by atoms with Gasteiger partial charge < -0.3 is 9.84 Å². The van der Waals surface area contributed by atoms with Crippen LogP contribution in [0.5, 0.6) is 0 Å². The van der Waals surface area contributed by atoms with Crippen molar-refractivity contribution in [3.63, 3.8) is 0 Å². The van der Waals surface area contributed by atoms with Gasteiger partial charge in [-0.1, -0.05) is 5.21 Å². The maximum Gasteiger partial charge on any atom is 0.322 e. The number of carbonyl (C=O) groups is 1. The number of aliphatic carboxylic acids is 1. The van der Waals surface area contributed by atoms with Crippen LogP contribution >= 0.6 is 0 Å². The molecule has 0 spiro atoms. The number of aromatic nitrogens is 3. The number of ether oxygens (including phenoxy) is 1. The first-order chi connectivity index (χ1) is 11.4. The van der Waals surface area contributed by atoms with Crippen molar-refractivity contribution in [2.24, 2.45) is 0 Å². The van der Waals surface area contributed by atoms with Gasteiger partial charge >= 0.3 is 5.97 Å². The van der Waals surface area contributed by atoms with Gasteiger partial charge in [-0.3, -0.25) is 4.79 Å². The Kier molecular flexibility index (Phi) is 4.52. The summed E-state index contributed by atoms with van der Waals surface area (Å²) < 4.78 is 33.2. The Hall–Kier alpha value is -2.04. The number of nitrogens with zero attached hydrogens (tertiary/aromatic N) is 4. The van der Waals surface area contributed by atoms with E-state index in [9.17, 15) is 18.3 Å². The van der Waals surface area contributed by atoms with Crippen LogP contribution in [0.3, 0.4) is 0 Å². The number of carboxylic acid groups (broad SMARTS) is 1. The minimum atomic E-state index is -3.88. The van der Waals surface area contributed by atoms with Gasteiger partial charge in [0, 0.05) is 13.7 Å². The van der Waals surface area contributed by atoms with Crippen LogP contribution in [0.2, 0.25) is 0 Å². The Labute approximate surface area is 138 Å². The fourth-order valence-corrected chi connectivity index (χ4v) is 4.54. The summed E-state index contributed by atoms with van der Waals surface area (Å²) in [5.41, 5.74) is 1.14. The number of fused-ring (bicyclic) bond motifs is 1. The zero-order valence-electron chi connectivity index (χ0n) is 13.1. The van der Waals surface area contributed by atoms with Gasteiger partial charge in [-0.2, -0.15) is 4.31 Å². The highest BCUT2D eigenvalue weighted by Gasteiger charge is 2.39. The molecule has 0 amide bonds. The number of methoxy groups -OCH3 is 1. The van der Waals surface area contributed by atoms with Crippen LogP contribution in [0, 0.1) is 0 Å². The zero-order chi connectivity index (χ0) is 17.3. The van der Waals surface area contributed by atoms with Crippen LogP contribution in [0.1, 0.15) is 12.8 Å². The molecule has 2 aromatic rings. The molecule has 0 bridgehead atoms. The second kappa shape index (κ2) is 6.46. The molecule has 1 fully saturated rings. The molecule has 1 N–H and O–H groups in total. The number of rotatable bonds is 6. The van der Waals surface area contributed by atoms with Crippen molar-refractivity contribution in [3.8, 4) is 0 Å². The summed E-state index contributed by atoms with van der Waals surface area (Å²) >= 11 is 0. The van der Waals surface area contributed by atoms with Crippen molar-refractivity contribution in [2.45, 2.75) is 30.3 Å². The van der Waals surface area contributed by atoms with E-state index in [1.807, 2.05) is 0 Å². The van der Waals surface area contributed by atoms with E-state index >= 15 is 0 Å². The molecule has 3 rings (SSSR count). The third-order valence-corrected chi connectivity index (χ3v) is 5.99. The minimum Gasteiger partial charge on any atom is -0.480 e. The highest BCUT2D eigenvalue weighted by Crippen LogP contribution is 2.27. The Morgan fingerprint density at radius 3 is 2.96 bits per heavy atom. The summed E-state index contributed by atoms with van der Waals surface area (Å²) in [5, 5.41) is 17.2. The van der Waals surface area contributed by atoms with Gasteiger partial charge in [-0.05, 0) is 31.0 Å². The molecule has 1 aromatic carbocycles. The minimum absolute atomic E-state index is 0.0296. The lowest BCUT2D eigenvalue weighted by Crippen LogP contribution is -2.40. The average molecular weight is 354 g/mol. The summed E-state index contributed by atoms with van der Waals surface area (Å²) in [4.78, 5) is 11.3. The highest BCUT2D eigenvalue weighted by molar-refractivity contribution is 7.89. The van der Waals surface area contributed by atoms with Crippen molar-refractivity contribution < 1.29 is 23.1 Å². The number of hydrogen-bond acceptors (Lipinski definition) is 6. The smallest absolute Gasteiger partial charge is 0.322 e. The van der Waals surface area contributed by atoms with E-state index in [4.69, 9.17) is 4.74 Å². The molecule has 24 heavy (non-hydrogen) atoms. The normalized spacial score (nSPS) is 19.1. The first kappa shape index (κ1) is 16.8. The number of carboxylic acids is 1. The molecule has 2 heterocycles. The van der Waals surface area contributed by atoms with Crippen LogP contribution in [0.15, 0.2) is 23.1 Å². The lowest BCUT2D eigenvalue weighted by atomic mass is 10.2. The Bertz CT molecular complexity index is 863. The topological polar surface area (TPSA) is 115 Å². The van der Waals surface area contributed by atoms with Gasteiger partial charge in [0.15, 0.2) is 0 Å². The SMILES string of the molecule is COCCn1nnc2cc(S(=O)(=O)N3CCC[C@H]3C(=O)O)ccc21. The third kappa shape index (κ3) is 2.87. The number of sulfonamides is 1. The quantitative estimate of drug-likeness (QED) is 0.794. The molecule has 1 aliphatic rings. The van der Waals surface area contributed by atoms with Crippen LogP contribution in [0.25, 0.3) is 11.0 Å².